The van der Waals surface area contributed by atoms with Gasteiger partial charge in [0.1, 0.15) is 5.15 Å². The number of carbonyl (C=O) groups is 1. The van der Waals surface area contributed by atoms with Crippen molar-refractivity contribution in [2.75, 3.05) is 40.5 Å². The summed E-state index contributed by atoms with van der Waals surface area (Å²) in [4.78, 5) is 18.4. The highest BCUT2D eigenvalue weighted by atomic mass is 35.5. The molecule has 0 aromatic carbocycles. The van der Waals surface area contributed by atoms with E-state index < -0.39 is 0 Å². The number of methoxy groups -OCH3 is 2. The second-order valence-electron chi connectivity index (χ2n) is 4.30. The molecule has 0 aliphatic carbocycles. The first-order chi connectivity index (χ1) is 9.62. The van der Waals surface area contributed by atoms with Crippen LogP contribution in [0.25, 0.3) is 0 Å². The van der Waals surface area contributed by atoms with Crippen molar-refractivity contribution in [1.29, 1.82) is 0 Å². The van der Waals surface area contributed by atoms with Crippen LogP contribution >= 0.6 is 11.6 Å². The topological polar surface area (TPSA) is 51.7 Å². The van der Waals surface area contributed by atoms with Crippen molar-refractivity contribution in [1.82, 2.24) is 9.88 Å². The van der Waals surface area contributed by atoms with Gasteiger partial charge in [-0.15, -0.1) is 0 Å². The van der Waals surface area contributed by atoms with Crippen molar-refractivity contribution in [3.63, 3.8) is 0 Å². The van der Waals surface area contributed by atoms with Crippen molar-refractivity contribution in [2.24, 2.45) is 0 Å². The number of pyridine rings is 1. The molecule has 1 heterocycles. The van der Waals surface area contributed by atoms with Crippen LogP contribution in [-0.2, 0) is 15.9 Å². The van der Waals surface area contributed by atoms with Gasteiger partial charge >= 0.3 is 0 Å². The van der Waals surface area contributed by atoms with Crippen molar-refractivity contribution in [3.8, 4) is 0 Å². The molecule has 0 spiro atoms. The van der Waals surface area contributed by atoms with Gasteiger partial charge in [-0.2, -0.15) is 0 Å². The Morgan fingerprint density at radius 2 is 1.85 bits per heavy atom. The minimum absolute atomic E-state index is 0.0851. The number of rotatable bonds is 8. The van der Waals surface area contributed by atoms with Gasteiger partial charge in [-0.3, -0.25) is 4.79 Å². The summed E-state index contributed by atoms with van der Waals surface area (Å²) in [5.74, 6) is -0.0851. The van der Waals surface area contributed by atoms with Gasteiger partial charge in [0.25, 0.3) is 5.91 Å². The van der Waals surface area contributed by atoms with Gasteiger partial charge in [0, 0.05) is 38.6 Å². The third kappa shape index (κ3) is 5.07. The largest absolute Gasteiger partial charge is 0.383 e. The zero-order chi connectivity index (χ0) is 15.0. The van der Waals surface area contributed by atoms with Crippen LogP contribution in [-0.4, -0.2) is 56.3 Å². The zero-order valence-corrected chi connectivity index (χ0v) is 12.9. The van der Waals surface area contributed by atoms with Gasteiger partial charge in [0.05, 0.1) is 13.2 Å². The predicted molar refractivity (Wildman–Crippen MR) is 78.3 cm³/mol. The summed E-state index contributed by atoms with van der Waals surface area (Å²) < 4.78 is 10.1. The number of halogens is 1. The number of aromatic nitrogens is 1. The fourth-order valence-electron chi connectivity index (χ4n) is 1.76. The lowest BCUT2D eigenvalue weighted by atomic mass is 10.2. The molecule has 0 aliphatic rings. The molecular weight excluding hydrogens is 280 g/mol. The van der Waals surface area contributed by atoms with E-state index >= 15 is 0 Å². The SMILES string of the molecule is CCc1cc(C(=O)N(CCOC)CCOC)cc(Cl)n1. The molecule has 6 heteroatoms. The van der Waals surface area contributed by atoms with E-state index in [9.17, 15) is 4.79 Å². The minimum Gasteiger partial charge on any atom is -0.383 e. The van der Waals surface area contributed by atoms with Crippen molar-refractivity contribution in [2.45, 2.75) is 13.3 Å². The Bertz CT molecular complexity index is 432. The molecule has 0 unspecified atom stereocenters. The zero-order valence-electron chi connectivity index (χ0n) is 12.2. The summed E-state index contributed by atoms with van der Waals surface area (Å²) in [6, 6.07) is 3.37. The van der Waals surface area contributed by atoms with Crippen molar-refractivity contribution in [3.05, 3.63) is 28.5 Å². The summed E-state index contributed by atoms with van der Waals surface area (Å²) in [5.41, 5.74) is 1.35. The van der Waals surface area contributed by atoms with Crippen LogP contribution in [0.2, 0.25) is 5.15 Å². The monoisotopic (exact) mass is 300 g/mol. The molecule has 0 saturated heterocycles. The molecule has 1 aromatic rings. The Hall–Kier alpha value is -1.17. The second kappa shape index (κ2) is 8.89. The number of nitrogens with zero attached hydrogens (tertiary/aromatic N) is 2. The fourth-order valence-corrected chi connectivity index (χ4v) is 1.98. The van der Waals surface area contributed by atoms with Crippen LogP contribution in [0, 0.1) is 0 Å². The number of hydrogen-bond donors (Lipinski definition) is 0. The molecule has 0 saturated carbocycles. The van der Waals surface area contributed by atoms with Crippen LogP contribution < -0.4 is 0 Å². The van der Waals surface area contributed by atoms with Crippen LogP contribution in [0.5, 0.6) is 0 Å². The highest BCUT2D eigenvalue weighted by Crippen LogP contribution is 2.13. The number of ether oxygens (including phenoxy) is 2. The number of hydrogen-bond acceptors (Lipinski definition) is 4. The average Bonchev–Trinajstić information content (AvgIpc) is 2.46. The number of carbonyl (C=O) groups excluding carboxylic acids is 1. The lowest BCUT2D eigenvalue weighted by Gasteiger charge is -2.22. The lowest BCUT2D eigenvalue weighted by Crippen LogP contribution is -2.36. The van der Waals surface area contributed by atoms with E-state index in [0.29, 0.717) is 37.0 Å². The van der Waals surface area contributed by atoms with Gasteiger partial charge in [-0.05, 0) is 18.6 Å². The van der Waals surface area contributed by atoms with E-state index in [0.717, 1.165) is 12.1 Å². The molecule has 20 heavy (non-hydrogen) atoms. The molecule has 0 aliphatic heterocycles. The number of amides is 1. The van der Waals surface area contributed by atoms with E-state index in [1.165, 1.54) is 0 Å². The van der Waals surface area contributed by atoms with Crippen LogP contribution in [0.3, 0.4) is 0 Å². The van der Waals surface area contributed by atoms with Gasteiger partial charge in [0.15, 0.2) is 0 Å². The Morgan fingerprint density at radius 1 is 1.25 bits per heavy atom. The fraction of sp³-hybridized carbons (Fsp3) is 0.571. The standard InChI is InChI=1S/C14H21ClN2O3/c1-4-12-9-11(10-13(15)16-12)14(18)17(5-7-19-2)6-8-20-3/h9-10H,4-8H2,1-3H3. The minimum atomic E-state index is -0.0851. The summed E-state index contributed by atoms with van der Waals surface area (Å²) in [6.07, 6.45) is 0.733. The van der Waals surface area contributed by atoms with E-state index in [1.807, 2.05) is 6.92 Å². The van der Waals surface area contributed by atoms with Crippen LogP contribution in [0.1, 0.15) is 23.0 Å². The first-order valence-corrected chi connectivity index (χ1v) is 6.93. The van der Waals surface area contributed by atoms with Crippen molar-refractivity contribution < 1.29 is 14.3 Å². The summed E-state index contributed by atoms with van der Waals surface area (Å²) in [6.45, 7) is 3.96. The van der Waals surface area contributed by atoms with E-state index in [1.54, 1.807) is 31.3 Å². The van der Waals surface area contributed by atoms with E-state index in [-0.39, 0.29) is 5.91 Å². The van der Waals surface area contributed by atoms with E-state index in [4.69, 9.17) is 21.1 Å². The summed E-state index contributed by atoms with van der Waals surface area (Å²) >= 11 is 5.95. The maximum Gasteiger partial charge on any atom is 0.254 e. The molecule has 0 radical (unpaired) electrons. The van der Waals surface area contributed by atoms with E-state index in [2.05, 4.69) is 4.98 Å². The average molecular weight is 301 g/mol. The maximum atomic E-state index is 12.5. The summed E-state index contributed by atoms with van der Waals surface area (Å²) in [5, 5.41) is 0.339. The molecule has 112 valence electrons. The van der Waals surface area contributed by atoms with Gasteiger partial charge in [0.2, 0.25) is 0 Å². The molecular formula is C14H21ClN2O3. The molecule has 1 aromatic heterocycles. The molecule has 0 atom stereocenters. The Kier molecular flexibility index (Phi) is 7.51. The molecule has 1 rings (SSSR count). The van der Waals surface area contributed by atoms with Gasteiger partial charge < -0.3 is 14.4 Å². The first kappa shape index (κ1) is 16.9. The molecule has 0 fully saturated rings. The first-order valence-electron chi connectivity index (χ1n) is 6.56. The Balaban J connectivity index is 2.89. The second-order valence-corrected chi connectivity index (χ2v) is 4.69. The molecule has 0 bridgehead atoms. The Morgan fingerprint density at radius 3 is 2.35 bits per heavy atom. The van der Waals surface area contributed by atoms with Crippen LogP contribution in [0.4, 0.5) is 0 Å². The third-order valence-corrected chi connectivity index (χ3v) is 3.07. The van der Waals surface area contributed by atoms with Crippen molar-refractivity contribution >= 4 is 17.5 Å². The smallest absolute Gasteiger partial charge is 0.254 e. The molecule has 1 amide bonds. The third-order valence-electron chi connectivity index (χ3n) is 2.87. The summed E-state index contributed by atoms with van der Waals surface area (Å²) in [7, 11) is 3.22. The van der Waals surface area contributed by atoms with Crippen LogP contribution in [0.15, 0.2) is 12.1 Å². The highest BCUT2D eigenvalue weighted by molar-refractivity contribution is 6.29. The number of aryl methyl sites for hydroxylation is 1. The molecule has 0 N–H and O–H groups in total. The van der Waals surface area contributed by atoms with Gasteiger partial charge in [-0.1, -0.05) is 18.5 Å². The lowest BCUT2D eigenvalue weighted by molar-refractivity contribution is 0.0627. The quantitative estimate of drug-likeness (QED) is 0.689. The molecule has 5 nitrogen and oxygen atoms in total. The van der Waals surface area contributed by atoms with Gasteiger partial charge in [-0.25, -0.2) is 4.98 Å². The Labute approximate surface area is 124 Å². The predicted octanol–water partition coefficient (Wildman–Crippen LogP) is 2.03. The normalized spacial score (nSPS) is 10.6. The highest BCUT2D eigenvalue weighted by Gasteiger charge is 2.16. The maximum absolute atomic E-state index is 12.5.